The number of hydrogen-bond acceptors (Lipinski definition) is 2. The normalized spacial score (nSPS) is 18.5. The lowest BCUT2D eigenvalue weighted by Gasteiger charge is -2.27. The van der Waals surface area contributed by atoms with E-state index in [0.29, 0.717) is 5.41 Å². The molecule has 0 atom stereocenters. The van der Waals surface area contributed by atoms with Crippen molar-refractivity contribution in [3.63, 3.8) is 0 Å². The van der Waals surface area contributed by atoms with E-state index < -0.39 is 0 Å². The van der Waals surface area contributed by atoms with Crippen LogP contribution in [0.1, 0.15) is 59.3 Å². The summed E-state index contributed by atoms with van der Waals surface area (Å²) in [7, 11) is 2.28. The molecule has 0 amide bonds. The van der Waals surface area contributed by atoms with E-state index in [9.17, 15) is 0 Å². The van der Waals surface area contributed by atoms with Crippen LogP contribution in [0.15, 0.2) is 0 Å². The fourth-order valence-corrected chi connectivity index (χ4v) is 2.74. The van der Waals surface area contributed by atoms with Crippen molar-refractivity contribution in [2.75, 3.05) is 39.8 Å². The Balaban J connectivity index is 1.97. The van der Waals surface area contributed by atoms with Gasteiger partial charge in [0, 0.05) is 0 Å². The van der Waals surface area contributed by atoms with Crippen molar-refractivity contribution < 1.29 is 0 Å². The maximum Gasteiger partial charge on any atom is -0.000655 e. The molecule has 1 aliphatic heterocycles. The predicted octanol–water partition coefficient (Wildman–Crippen LogP) is 3.62. The van der Waals surface area contributed by atoms with E-state index in [1.165, 1.54) is 71.2 Å². The van der Waals surface area contributed by atoms with E-state index in [1.807, 2.05) is 0 Å². The molecule has 0 saturated carbocycles. The van der Waals surface area contributed by atoms with Gasteiger partial charge in [0.05, 0.1) is 0 Å². The van der Waals surface area contributed by atoms with Gasteiger partial charge in [-0.15, -0.1) is 0 Å². The number of nitrogens with zero attached hydrogens (tertiary/aromatic N) is 2. The van der Waals surface area contributed by atoms with Crippen LogP contribution >= 0.6 is 0 Å². The topological polar surface area (TPSA) is 6.48 Å². The summed E-state index contributed by atoms with van der Waals surface area (Å²) in [5.74, 6) is 0. The maximum absolute atomic E-state index is 2.65. The van der Waals surface area contributed by atoms with Gasteiger partial charge in [-0.2, -0.15) is 0 Å². The number of piperidine rings is 1. The van der Waals surface area contributed by atoms with Gasteiger partial charge in [-0.1, -0.05) is 27.2 Å². The minimum Gasteiger partial charge on any atom is -0.306 e. The maximum atomic E-state index is 2.65. The van der Waals surface area contributed by atoms with Gasteiger partial charge < -0.3 is 9.80 Å². The first-order chi connectivity index (χ1) is 8.47. The number of rotatable bonds is 7. The average Bonchev–Trinajstić information content (AvgIpc) is 2.28. The van der Waals surface area contributed by atoms with Crippen LogP contribution < -0.4 is 0 Å². The van der Waals surface area contributed by atoms with Crippen LogP contribution in [0.3, 0.4) is 0 Å². The van der Waals surface area contributed by atoms with Crippen LogP contribution in [0.5, 0.6) is 0 Å². The third-order valence-corrected chi connectivity index (χ3v) is 3.93. The standard InChI is InChI=1S/C16H34N2/c1-16(2,3)10-8-11-17(4)12-9-15-18-13-6-5-7-14-18/h5-15H2,1-4H3. The molecular weight excluding hydrogens is 220 g/mol. The Labute approximate surface area is 115 Å². The van der Waals surface area contributed by atoms with Crippen molar-refractivity contribution in [1.82, 2.24) is 9.80 Å². The summed E-state index contributed by atoms with van der Waals surface area (Å²) in [6.07, 6.45) is 8.30. The third-order valence-electron chi connectivity index (χ3n) is 3.93. The molecule has 1 heterocycles. The van der Waals surface area contributed by atoms with Gasteiger partial charge in [0.15, 0.2) is 0 Å². The molecule has 0 aliphatic carbocycles. The Kier molecular flexibility index (Phi) is 7.25. The van der Waals surface area contributed by atoms with Crippen LogP contribution in [-0.2, 0) is 0 Å². The Hall–Kier alpha value is -0.0800. The zero-order valence-electron chi connectivity index (χ0n) is 13.2. The van der Waals surface area contributed by atoms with Crippen LogP contribution in [0.25, 0.3) is 0 Å². The van der Waals surface area contributed by atoms with Crippen molar-refractivity contribution >= 4 is 0 Å². The molecule has 1 aliphatic rings. The fraction of sp³-hybridized carbons (Fsp3) is 1.00. The van der Waals surface area contributed by atoms with E-state index in [4.69, 9.17) is 0 Å². The van der Waals surface area contributed by atoms with E-state index in [1.54, 1.807) is 0 Å². The second kappa shape index (κ2) is 8.16. The van der Waals surface area contributed by atoms with Gasteiger partial charge in [0.25, 0.3) is 0 Å². The number of hydrogen-bond donors (Lipinski definition) is 0. The Morgan fingerprint density at radius 3 is 2.17 bits per heavy atom. The van der Waals surface area contributed by atoms with Crippen LogP contribution in [-0.4, -0.2) is 49.6 Å². The molecule has 1 rings (SSSR count). The fourth-order valence-electron chi connectivity index (χ4n) is 2.74. The zero-order valence-corrected chi connectivity index (χ0v) is 13.2. The minimum absolute atomic E-state index is 0.495. The Morgan fingerprint density at radius 2 is 1.56 bits per heavy atom. The highest BCUT2D eigenvalue weighted by Gasteiger charge is 2.11. The molecule has 0 aromatic heterocycles. The molecule has 0 spiro atoms. The summed E-state index contributed by atoms with van der Waals surface area (Å²) in [5, 5.41) is 0. The van der Waals surface area contributed by atoms with Gasteiger partial charge >= 0.3 is 0 Å². The van der Waals surface area contributed by atoms with E-state index in [2.05, 4.69) is 37.6 Å². The Morgan fingerprint density at radius 1 is 0.944 bits per heavy atom. The van der Waals surface area contributed by atoms with Gasteiger partial charge in [-0.25, -0.2) is 0 Å². The van der Waals surface area contributed by atoms with E-state index in [-0.39, 0.29) is 0 Å². The predicted molar refractivity (Wildman–Crippen MR) is 81.1 cm³/mol. The quantitative estimate of drug-likeness (QED) is 0.684. The molecule has 2 nitrogen and oxygen atoms in total. The second-order valence-corrected chi connectivity index (χ2v) is 7.22. The Bertz CT molecular complexity index is 202. The van der Waals surface area contributed by atoms with Crippen LogP contribution in [0.4, 0.5) is 0 Å². The summed E-state index contributed by atoms with van der Waals surface area (Å²) in [6.45, 7) is 13.5. The van der Waals surface area contributed by atoms with Crippen LogP contribution in [0.2, 0.25) is 0 Å². The minimum atomic E-state index is 0.495. The van der Waals surface area contributed by atoms with Gasteiger partial charge in [0.2, 0.25) is 0 Å². The van der Waals surface area contributed by atoms with Gasteiger partial charge in [0.1, 0.15) is 0 Å². The lowest BCUT2D eigenvalue weighted by Crippen LogP contribution is -2.32. The average molecular weight is 254 g/mol. The SMILES string of the molecule is CN(CCCN1CCCCC1)CCCC(C)(C)C. The molecule has 0 N–H and O–H groups in total. The summed E-state index contributed by atoms with van der Waals surface area (Å²) in [4.78, 5) is 5.15. The smallest absolute Gasteiger partial charge is 0.000655 e. The van der Waals surface area contributed by atoms with E-state index >= 15 is 0 Å². The molecule has 0 aromatic rings. The highest BCUT2D eigenvalue weighted by atomic mass is 15.1. The molecule has 0 radical (unpaired) electrons. The highest BCUT2D eigenvalue weighted by molar-refractivity contribution is 4.66. The van der Waals surface area contributed by atoms with Crippen LogP contribution in [0, 0.1) is 5.41 Å². The molecule has 2 heteroatoms. The zero-order chi connectivity index (χ0) is 13.4. The third kappa shape index (κ3) is 8.10. The van der Waals surface area contributed by atoms with E-state index in [0.717, 1.165) is 0 Å². The second-order valence-electron chi connectivity index (χ2n) is 7.22. The molecular formula is C16H34N2. The highest BCUT2D eigenvalue weighted by Crippen LogP contribution is 2.20. The number of likely N-dealkylation sites (tertiary alicyclic amines) is 1. The molecule has 0 aromatic carbocycles. The monoisotopic (exact) mass is 254 g/mol. The summed E-state index contributed by atoms with van der Waals surface area (Å²) < 4.78 is 0. The molecule has 0 unspecified atom stereocenters. The van der Waals surface area contributed by atoms with Gasteiger partial charge in [-0.05, 0) is 77.3 Å². The van der Waals surface area contributed by atoms with Crippen molar-refractivity contribution in [2.45, 2.75) is 59.3 Å². The van der Waals surface area contributed by atoms with Crippen molar-refractivity contribution in [3.8, 4) is 0 Å². The molecule has 18 heavy (non-hydrogen) atoms. The summed E-state index contributed by atoms with van der Waals surface area (Å²) >= 11 is 0. The summed E-state index contributed by atoms with van der Waals surface area (Å²) in [5.41, 5.74) is 0.495. The summed E-state index contributed by atoms with van der Waals surface area (Å²) in [6, 6.07) is 0. The van der Waals surface area contributed by atoms with Gasteiger partial charge in [-0.3, -0.25) is 0 Å². The first kappa shape index (κ1) is 16.0. The molecule has 108 valence electrons. The first-order valence-corrected chi connectivity index (χ1v) is 7.88. The van der Waals surface area contributed by atoms with Crippen molar-refractivity contribution in [1.29, 1.82) is 0 Å². The lowest BCUT2D eigenvalue weighted by atomic mass is 9.90. The van der Waals surface area contributed by atoms with Crippen molar-refractivity contribution in [3.05, 3.63) is 0 Å². The lowest BCUT2D eigenvalue weighted by molar-refractivity contribution is 0.209. The first-order valence-electron chi connectivity index (χ1n) is 7.88. The molecule has 1 fully saturated rings. The molecule has 1 saturated heterocycles. The largest absolute Gasteiger partial charge is 0.306 e. The van der Waals surface area contributed by atoms with Crippen molar-refractivity contribution in [2.24, 2.45) is 5.41 Å². The molecule has 0 bridgehead atoms.